The van der Waals surface area contributed by atoms with Gasteiger partial charge in [0.1, 0.15) is 0 Å². The second-order valence-corrected chi connectivity index (χ2v) is 6.73. The number of likely N-dealkylation sites (N-methyl/N-ethyl adjacent to an activating group) is 1. The number of alkyl halides is 3. The molecule has 0 aliphatic heterocycles. The molecule has 27 heavy (non-hydrogen) atoms. The number of nitrogens with one attached hydrogen (secondary N) is 1. The highest BCUT2D eigenvalue weighted by atomic mass is 32.2. The maximum Gasteiger partial charge on any atom is 0.446 e. The zero-order valence-electron chi connectivity index (χ0n) is 14.6. The summed E-state index contributed by atoms with van der Waals surface area (Å²) in [5, 5.41) is 2.41. The summed E-state index contributed by atoms with van der Waals surface area (Å²) in [4.78, 5) is 26.0. The van der Waals surface area contributed by atoms with Crippen molar-refractivity contribution in [3.05, 3.63) is 65.7 Å². The summed E-state index contributed by atoms with van der Waals surface area (Å²) in [5.74, 6) is -1.03. The first-order valence-electron chi connectivity index (χ1n) is 8.25. The molecule has 0 saturated heterocycles. The van der Waals surface area contributed by atoms with E-state index >= 15 is 0 Å². The lowest BCUT2D eigenvalue weighted by atomic mass is 10.2. The van der Waals surface area contributed by atoms with Crippen molar-refractivity contribution in [2.75, 3.05) is 13.1 Å². The number of carbonyl (C=O) groups excluding carboxylic acids is 2. The molecule has 0 fully saturated rings. The van der Waals surface area contributed by atoms with Crippen molar-refractivity contribution in [1.29, 1.82) is 0 Å². The third kappa shape index (κ3) is 6.63. The highest BCUT2D eigenvalue weighted by Crippen LogP contribution is 2.38. The number of thioether (sulfide) groups is 1. The Hall–Kier alpha value is -2.48. The molecule has 0 unspecified atom stereocenters. The Labute approximate surface area is 159 Å². The SMILES string of the molecule is CCN(Cc1ccccc1)C(=O)CNC(=O)c1ccccc1SC(F)(F)F. The number of amides is 2. The van der Waals surface area contributed by atoms with Crippen molar-refractivity contribution >= 4 is 23.6 Å². The van der Waals surface area contributed by atoms with Gasteiger partial charge in [0, 0.05) is 18.0 Å². The van der Waals surface area contributed by atoms with Gasteiger partial charge in [0.15, 0.2) is 0 Å². The maximum atomic E-state index is 12.6. The molecule has 0 aromatic heterocycles. The van der Waals surface area contributed by atoms with Crippen LogP contribution in [0.4, 0.5) is 13.2 Å². The predicted molar refractivity (Wildman–Crippen MR) is 98.2 cm³/mol. The third-order valence-corrected chi connectivity index (χ3v) is 4.52. The number of hydrogen-bond donors (Lipinski definition) is 1. The van der Waals surface area contributed by atoms with E-state index in [-0.39, 0.29) is 34.7 Å². The monoisotopic (exact) mass is 396 g/mol. The molecule has 2 amide bonds. The van der Waals surface area contributed by atoms with E-state index in [1.54, 1.807) is 4.90 Å². The maximum absolute atomic E-state index is 12.6. The Bertz CT molecular complexity index is 782. The Morgan fingerprint density at radius 2 is 1.67 bits per heavy atom. The van der Waals surface area contributed by atoms with Crippen LogP contribution in [0.15, 0.2) is 59.5 Å². The Balaban J connectivity index is 1.99. The quantitative estimate of drug-likeness (QED) is 0.718. The number of hydrogen-bond acceptors (Lipinski definition) is 3. The minimum absolute atomic E-state index is 0.112. The highest BCUT2D eigenvalue weighted by molar-refractivity contribution is 8.00. The van der Waals surface area contributed by atoms with Crippen LogP contribution in [0.1, 0.15) is 22.8 Å². The molecule has 2 aromatic rings. The van der Waals surface area contributed by atoms with Gasteiger partial charge in [0.05, 0.1) is 12.1 Å². The number of halogens is 3. The van der Waals surface area contributed by atoms with Gasteiger partial charge in [-0.3, -0.25) is 9.59 Å². The molecule has 0 bridgehead atoms. The third-order valence-electron chi connectivity index (χ3n) is 3.71. The lowest BCUT2D eigenvalue weighted by Crippen LogP contribution is -2.39. The first-order valence-corrected chi connectivity index (χ1v) is 9.06. The van der Waals surface area contributed by atoms with Crippen LogP contribution in [0.5, 0.6) is 0 Å². The van der Waals surface area contributed by atoms with Crippen molar-refractivity contribution in [2.24, 2.45) is 0 Å². The van der Waals surface area contributed by atoms with Crippen LogP contribution in [0.2, 0.25) is 0 Å². The van der Waals surface area contributed by atoms with Gasteiger partial charge in [-0.15, -0.1) is 0 Å². The molecular weight excluding hydrogens is 377 g/mol. The highest BCUT2D eigenvalue weighted by Gasteiger charge is 2.31. The van der Waals surface area contributed by atoms with E-state index in [4.69, 9.17) is 0 Å². The predicted octanol–water partition coefficient (Wildman–Crippen LogP) is 4.08. The number of rotatable bonds is 7. The van der Waals surface area contributed by atoms with Crippen molar-refractivity contribution in [1.82, 2.24) is 10.2 Å². The van der Waals surface area contributed by atoms with E-state index in [2.05, 4.69) is 5.32 Å². The van der Waals surface area contributed by atoms with E-state index in [0.29, 0.717) is 13.1 Å². The molecule has 0 aliphatic rings. The number of benzene rings is 2. The summed E-state index contributed by atoms with van der Waals surface area (Å²) in [6.07, 6.45) is 0. The van der Waals surface area contributed by atoms with Crippen molar-refractivity contribution < 1.29 is 22.8 Å². The summed E-state index contributed by atoms with van der Waals surface area (Å²) in [6.45, 7) is 2.37. The summed E-state index contributed by atoms with van der Waals surface area (Å²) >= 11 is -0.354. The molecule has 0 radical (unpaired) electrons. The molecule has 4 nitrogen and oxygen atoms in total. The summed E-state index contributed by atoms with van der Waals surface area (Å²) < 4.78 is 37.9. The lowest BCUT2D eigenvalue weighted by molar-refractivity contribution is -0.130. The summed E-state index contributed by atoms with van der Waals surface area (Å²) in [5.41, 5.74) is -3.66. The second-order valence-electron chi connectivity index (χ2n) is 5.62. The summed E-state index contributed by atoms with van der Waals surface area (Å²) in [6, 6.07) is 14.8. The number of carbonyl (C=O) groups is 2. The van der Waals surface area contributed by atoms with E-state index in [9.17, 15) is 22.8 Å². The van der Waals surface area contributed by atoms with Crippen LogP contribution in [0.25, 0.3) is 0 Å². The van der Waals surface area contributed by atoms with Gasteiger partial charge >= 0.3 is 5.51 Å². The van der Waals surface area contributed by atoms with Crippen molar-refractivity contribution in [3.8, 4) is 0 Å². The zero-order valence-corrected chi connectivity index (χ0v) is 15.4. The average molecular weight is 396 g/mol. The van der Waals surface area contributed by atoms with Crippen LogP contribution in [0.3, 0.4) is 0 Å². The number of nitrogens with zero attached hydrogens (tertiary/aromatic N) is 1. The first kappa shape index (κ1) is 20.8. The van der Waals surface area contributed by atoms with Crippen LogP contribution in [-0.4, -0.2) is 35.3 Å². The smallest absolute Gasteiger partial charge is 0.343 e. The van der Waals surface area contributed by atoms with Crippen molar-refractivity contribution in [3.63, 3.8) is 0 Å². The Morgan fingerprint density at radius 3 is 2.30 bits per heavy atom. The van der Waals surface area contributed by atoms with E-state index in [0.717, 1.165) is 5.56 Å². The average Bonchev–Trinajstić information content (AvgIpc) is 2.64. The minimum atomic E-state index is -4.50. The molecule has 2 rings (SSSR count). The van der Waals surface area contributed by atoms with Gasteiger partial charge in [-0.05, 0) is 36.4 Å². The zero-order chi connectivity index (χ0) is 19.9. The molecule has 0 saturated carbocycles. The second kappa shape index (κ2) is 9.45. The molecule has 0 heterocycles. The molecule has 8 heteroatoms. The van der Waals surface area contributed by atoms with E-state index in [1.165, 1.54) is 24.3 Å². The standard InChI is InChI=1S/C19H19F3N2O2S/c1-2-24(13-14-8-4-3-5-9-14)17(25)12-23-18(26)15-10-6-7-11-16(15)27-19(20,21)22/h3-11H,2,12-13H2,1H3,(H,23,26). The van der Waals surface area contributed by atoms with E-state index < -0.39 is 11.4 Å². The van der Waals surface area contributed by atoms with Crippen LogP contribution >= 0.6 is 11.8 Å². The Kier molecular flexibility index (Phi) is 7.29. The van der Waals surface area contributed by atoms with Crippen LogP contribution in [0, 0.1) is 0 Å². The fourth-order valence-electron chi connectivity index (χ4n) is 2.41. The van der Waals surface area contributed by atoms with Gasteiger partial charge in [0.25, 0.3) is 5.91 Å². The largest absolute Gasteiger partial charge is 0.446 e. The van der Waals surface area contributed by atoms with Crippen molar-refractivity contribution in [2.45, 2.75) is 23.9 Å². The van der Waals surface area contributed by atoms with Gasteiger partial charge < -0.3 is 10.2 Å². The van der Waals surface area contributed by atoms with Gasteiger partial charge in [-0.25, -0.2) is 0 Å². The molecule has 144 valence electrons. The Morgan fingerprint density at radius 1 is 1.04 bits per heavy atom. The topological polar surface area (TPSA) is 49.4 Å². The molecule has 0 spiro atoms. The van der Waals surface area contributed by atoms with Crippen LogP contribution in [-0.2, 0) is 11.3 Å². The molecule has 1 N–H and O–H groups in total. The summed E-state index contributed by atoms with van der Waals surface area (Å²) in [7, 11) is 0. The van der Waals surface area contributed by atoms with E-state index in [1.807, 2.05) is 37.3 Å². The molecular formula is C19H19F3N2O2S. The normalized spacial score (nSPS) is 11.1. The first-order chi connectivity index (χ1) is 12.8. The lowest BCUT2D eigenvalue weighted by Gasteiger charge is -2.21. The van der Waals surface area contributed by atoms with Crippen LogP contribution < -0.4 is 5.32 Å². The van der Waals surface area contributed by atoms with Gasteiger partial charge in [0.2, 0.25) is 5.91 Å². The fraction of sp³-hybridized carbons (Fsp3) is 0.263. The minimum Gasteiger partial charge on any atom is -0.343 e. The van der Waals surface area contributed by atoms with Gasteiger partial charge in [-0.2, -0.15) is 13.2 Å². The molecule has 2 aromatic carbocycles. The molecule has 0 aliphatic carbocycles. The van der Waals surface area contributed by atoms with Gasteiger partial charge in [-0.1, -0.05) is 42.5 Å². The fourth-order valence-corrected chi connectivity index (χ4v) is 3.08. The molecule has 0 atom stereocenters.